The molecule has 0 atom stereocenters. The average molecular weight is 450 g/mol. The predicted octanol–water partition coefficient (Wildman–Crippen LogP) is 5.38. The molecule has 5 nitrogen and oxygen atoms in total. The molecule has 0 aliphatic carbocycles. The fourth-order valence-electron chi connectivity index (χ4n) is 4.21. The number of para-hydroxylation sites is 1. The Kier molecular flexibility index (Phi) is 7.13. The second-order valence-corrected chi connectivity index (χ2v) is 8.25. The highest BCUT2D eigenvalue weighted by Gasteiger charge is 2.21. The molecule has 6 heteroatoms. The number of methoxy groups -OCH3 is 1. The number of nitrogens with zero attached hydrogens (tertiary/aromatic N) is 1. The summed E-state index contributed by atoms with van der Waals surface area (Å²) in [6.07, 6.45) is 2.16. The molecule has 4 rings (SSSR count). The van der Waals surface area contributed by atoms with Crippen LogP contribution in [0.4, 0.5) is 10.1 Å². The molecule has 1 N–H and O–H groups in total. The fraction of sp³-hybridized carbons (Fsp3) is 0.296. The van der Waals surface area contributed by atoms with Crippen LogP contribution in [-0.4, -0.2) is 24.7 Å². The molecule has 0 radical (unpaired) electrons. The van der Waals surface area contributed by atoms with Gasteiger partial charge in [0.25, 0.3) is 0 Å². The minimum Gasteiger partial charge on any atom is -0.497 e. The van der Waals surface area contributed by atoms with Gasteiger partial charge in [-0.15, -0.1) is 0 Å². The van der Waals surface area contributed by atoms with E-state index in [0.29, 0.717) is 11.1 Å². The zero-order chi connectivity index (χ0) is 23.2. The second kappa shape index (κ2) is 10.4. The second-order valence-electron chi connectivity index (χ2n) is 8.25. The van der Waals surface area contributed by atoms with Gasteiger partial charge in [0.05, 0.1) is 12.8 Å². The highest BCUT2D eigenvalue weighted by molar-refractivity contribution is 5.67. The molecule has 3 aromatic rings. The molecule has 0 bridgehead atoms. The Morgan fingerprint density at radius 2 is 1.88 bits per heavy atom. The molecule has 1 aliphatic rings. The van der Waals surface area contributed by atoms with Gasteiger partial charge in [-0.2, -0.15) is 0 Å². The maximum absolute atomic E-state index is 14.4. The van der Waals surface area contributed by atoms with Gasteiger partial charge in [0.1, 0.15) is 23.9 Å². The van der Waals surface area contributed by atoms with Crippen LogP contribution in [0.1, 0.15) is 35.1 Å². The van der Waals surface area contributed by atoms with Crippen molar-refractivity contribution in [3.8, 4) is 11.5 Å². The number of aliphatic carboxylic acids is 1. The Morgan fingerprint density at radius 3 is 2.61 bits per heavy atom. The van der Waals surface area contributed by atoms with Crippen LogP contribution in [0.15, 0.2) is 60.7 Å². The maximum Gasteiger partial charge on any atom is 0.303 e. The average Bonchev–Trinajstić information content (AvgIpc) is 2.82. The Hall–Kier alpha value is -3.54. The quantitative estimate of drug-likeness (QED) is 0.475. The molecular weight excluding hydrogens is 421 g/mol. The third kappa shape index (κ3) is 5.64. The lowest BCUT2D eigenvalue weighted by atomic mass is 10.00. The lowest BCUT2D eigenvalue weighted by Crippen LogP contribution is -2.29. The highest BCUT2D eigenvalue weighted by atomic mass is 19.1. The Balaban J connectivity index is 1.49. The van der Waals surface area contributed by atoms with Crippen LogP contribution in [0, 0.1) is 5.82 Å². The number of fused-ring (bicyclic) bond motifs is 1. The number of rotatable bonds is 9. The van der Waals surface area contributed by atoms with Crippen LogP contribution in [0.2, 0.25) is 0 Å². The summed E-state index contributed by atoms with van der Waals surface area (Å²) >= 11 is 0. The van der Waals surface area contributed by atoms with E-state index in [-0.39, 0.29) is 19.4 Å². The standard InChI is InChI=1S/C27H28FNO4/c1-32-23-12-8-19(9-13-23)17-29-15-3-5-22-4-2-6-25(27(22)29)33-18-20-7-10-21(24(28)16-20)11-14-26(30)31/h2,4,6-10,12-13,16H,3,5,11,14-15,17-18H2,1H3,(H,30,31). The van der Waals surface area contributed by atoms with Crippen molar-refractivity contribution in [1.82, 2.24) is 0 Å². The number of carbonyl (C=O) groups is 1. The molecule has 1 aliphatic heterocycles. The Bertz CT molecular complexity index is 1110. The van der Waals surface area contributed by atoms with Gasteiger partial charge in [-0.05, 0) is 65.8 Å². The Labute approximate surface area is 193 Å². The number of halogens is 1. The van der Waals surface area contributed by atoms with Crippen molar-refractivity contribution in [3.63, 3.8) is 0 Å². The molecule has 1 heterocycles. The largest absolute Gasteiger partial charge is 0.497 e. The van der Waals surface area contributed by atoms with E-state index >= 15 is 0 Å². The first kappa shape index (κ1) is 22.6. The van der Waals surface area contributed by atoms with Crippen molar-refractivity contribution in [1.29, 1.82) is 0 Å². The van der Waals surface area contributed by atoms with Crippen molar-refractivity contribution < 1.29 is 23.8 Å². The van der Waals surface area contributed by atoms with Gasteiger partial charge < -0.3 is 19.5 Å². The molecular formula is C27H28FNO4. The molecule has 0 fully saturated rings. The van der Waals surface area contributed by atoms with Gasteiger partial charge in [-0.25, -0.2) is 4.39 Å². The van der Waals surface area contributed by atoms with Gasteiger partial charge >= 0.3 is 5.97 Å². The van der Waals surface area contributed by atoms with Crippen LogP contribution in [0.3, 0.4) is 0 Å². The van der Waals surface area contributed by atoms with E-state index in [0.717, 1.165) is 43.1 Å². The van der Waals surface area contributed by atoms with E-state index in [1.54, 1.807) is 19.2 Å². The van der Waals surface area contributed by atoms with Crippen molar-refractivity contribution in [3.05, 3.63) is 88.7 Å². The van der Waals surface area contributed by atoms with E-state index in [2.05, 4.69) is 23.1 Å². The molecule has 0 spiro atoms. The smallest absolute Gasteiger partial charge is 0.303 e. The van der Waals surface area contributed by atoms with E-state index < -0.39 is 11.8 Å². The molecule has 0 saturated carbocycles. The van der Waals surface area contributed by atoms with Crippen LogP contribution in [0.25, 0.3) is 0 Å². The van der Waals surface area contributed by atoms with Crippen LogP contribution in [0.5, 0.6) is 11.5 Å². The van der Waals surface area contributed by atoms with Crippen LogP contribution >= 0.6 is 0 Å². The summed E-state index contributed by atoms with van der Waals surface area (Å²) < 4.78 is 25.8. The molecule has 0 aromatic heterocycles. The third-order valence-corrected chi connectivity index (χ3v) is 5.93. The van der Waals surface area contributed by atoms with Crippen molar-refractivity contribution in [2.75, 3.05) is 18.6 Å². The topological polar surface area (TPSA) is 59.0 Å². The lowest BCUT2D eigenvalue weighted by molar-refractivity contribution is -0.136. The molecule has 3 aromatic carbocycles. The first-order chi connectivity index (χ1) is 16.0. The number of benzene rings is 3. The van der Waals surface area contributed by atoms with Gasteiger partial charge in [0.2, 0.25) is 0 Å². The number of carboxylic acids is 1. The SMILES string of the molecule is COc1ccc(CN2CCCc3cccc(OCc4ccc(CCC(=O)O)c(F)c4)c32)cc1. The van der Waals surface area contributed by atoms with E-state index in [1.807, 2.05) is 24.3 Å². The summed E-state index contributed by atoms with van der Waals surface area (Å²) in [7, 11) is 1.66. The van der Waals surface area contributed by atoms with E-state index in [4.69, 9.17) is 14.6 Å². The number of aryl methyl sites for hydroxylation is 2. The molecule has 0 amide bonds. The third-order valence-electron chi connectivity index (χ3n) is 5.93. The zero-order valence-corrected chi connectivity index (χ0v) is 18.7. The number of ether oxygens (including phenoxy) is 2. The summed E-state index contributed by atoms with van der Waals surface area (Å²) in [5.41, 5.74) is 4.66. The summed E-state index contributed by atoms with van der Waals surface area (Å²) in [6.45, 7) is 1.94. The normalized spacial score (nSPS) is 12.8. The summed E-state index contributed by atoms with van der Waals surface area (Å²) in [5.74, 6) is 0.294. The molecule has 0 saturated heterocycles. The predicted molar refractivity (Wildman–Crippen MR) is 125 cm³/mol. The molecule has 172 valence electrons. The number of hydrogen-bond donors (Lipinski definition) is 1. The lowest BCUT2D eigenvalue weighted by Gasteiger charge is -2.33. The van der Waals surface area contributed by atoms with Crippen LogP contribution in [-0.2, 0) is 30.8 Å². The zero-order valence-electron chi connectivity index (χ0n) is 18.7. The van der Waals surface area contributed by atoms with Crippen molar-refractivity contribution in [2.24, 2.45) is 0 Å². The maximum atomic E-state index is 14.4. The van der Waals surface area contributed by atoms with Crippen LogP contribution < -0.4 is 14.4 Å². The van der Waals surface area contributed by atoms with Crippen molar-refractivity contribution >= 4 is 11.7 Å². The van der Waals surface area contributed by atoms with Gasteiger partial charge in [-0.3, -0.25) is 4.79 Å². The minimum absolute atomic E-state index is 0.0903. The van der Waals surface area contributed by atoms with E-state index in [1.165, 1.54) is 17.2 Å². The Morgan fingerprint density at radius 1 is 1.09 bits per heavy atom. The minimum atomic E-state index is -0.935. The number of anilines is 1. The van der Waals surface area contributed by atoms with E-state index in [9.17, 15) is 9.18 Å². The summed E-state index contributed by atoms with van der Waals surface area (Å²) in [6, 6.07) is 19.1. The monoisotopic (exact) mass is 449 g/mol. The fourth-order valence-corrected chi connectivity index (χ4v) is 4.21. The first-order valence-electron chi connectivity index (χ1n) is 11.1. The van der Waals surface area contributed by atoms with Gasteiger partial charge in [0, 0.05) is 19.5 Å². The summed E-state index contributed by atoms with van der Waals surface area (Å²) in [4.78, 5) is 13.1. The molecule has 33 heavy (non-hydrogen) atoms. The summed E-state index contributed by atoms with van der Waals surface area (Å²) in [5, 5.41) is 8.81. The van der Waals surface area contributed by atoms with Gasteiger partial charge in [0.15, 0.2) is 0 Å². The number of carboxylic acid groups (broad SMARTS) is 1. The highest BCUT2D eigenvalue weighted by Crippen LogP contribution is 2.37. The molecule has 0 unspecified atom stereocenters. The van der Waals surface area contributed by atoms with Gasteiger partial charge in [-0.1, -0.05) is 36.4 Å². The first-order valence-corrected chi connectivity index (χ1v) is 11.1. The number of hydrogen-bond acceptors (Lipinski definition) is 4. The van der Waals surface area contributed by atoms with Crippen molar-refractivity contribution in [2.45, 2.75) is 38.8 Å².